The third kappa shape index (κ3) is 3.56. The summed E-state index contributed by atoms with van der Waals surface area (Å²) in [5.41, 5.74) is 1.42. The minimum atomic E-state index is -0.460. The Morgan fingerprint density at radius 1 is 1.24 bits per heavy atom. The molecular weight excluding hydrogens is 269 g/mol. The molecule has 5 heteroatoms. The lowest BCUT2D eigenvalue weighted by Crippen LogP contribution is -2.14. The van der Waals surface area contributed by atoms with Crippen LogP contribution in [0.3, 0.4) is 0 Å². The van der Waals surface area contributed by atoms with Crippen molar-refractivity contribution in [1.29, 1.82) is 0 Å². The summed E-state index contributed by atoms with van der Waals surface area (Å²) in [6.07, 6.45) is 0. The van der Waals surface area contributed by atoms with E-state index in [0.29, 0.717) is 11.4 Å². The Labute approximate surface area is 123 Å². The number of aromatic nitrogens is 1. The number of rotatable bonds is 4. The van der Waals surface area contributed by atoms with Crippen molar-refractivity contribution in [2.24, 2.45) is 0 Å². The maximum Gasteiger partial charge on any atom is 0.255 e. The Morgan fingerprint density at radius 2 is 1.95 bits per heavy atom. The number of hydrogen-bond donors (Lipinski definition) is 2. The van der Waals surface area contributed by atoms with Crippen molar-refractivity contribution in [3.8, 4) is 0 Å². The second-order valence-corrected chi connectivity index (χ2v) is 5.00. The SMILES string of the molecule is CNc1cc(C(=O)Nc2ccccc2F)cc(C(C)C)n1. The molecule has 1 aromatic heterocycles. The highest BCUT2D eigenvalue weighted by atomic mass is 19.1. The first-order valence-electron chi connectivity index (χ1n) is 6.77. The molecule has 1 aromatic carbocycles. The molecule has 0 unspecified atom stereocenters. The zero-order chi connectivity index (χ0) is 15.4. The van der Waals surface area contributed by atoms with Crippen LogP contribution in [0.1, 0.15) is 35.8 Å². The van der Waals surface area contributed by atoms with E-state index in [1.807, 2.05) is 13.8 Å². The Kier molecular flexibility index (Phi) is 4.52. The molecule has 1 heterocycles. The van der Waals surface area contributed by atoms with E-state index in [9.17, 15) is 9.18 Å². The van der Waals surface area contributed by atoms with E-state index >= 15 is 0 Å². The molecule has 0 aliphatic rings. The molecule has 2 N–H and O–H groups in total. The van der Waals surface area contributed by atoms with E-state index < -0.39 is 5.82 Å². The molecule has 0 aliphatic carbocycles. The maximum atomic E-state index is 13.6. The highest BCUT2D eigenvalue weighted by Gasteiger charge is 2.13. The van der Waals surface area contributed by atoms with Gasteiger partial charge >= 0.3 is 0 Å². The van der Waals surface area contributed by atoms with Crippen molar-refractivity contribution >= 4 is 17.4 Å². The molecule has 0 saturated heterocycles. The summed E-state index contributed by atoms with van der Waals surface area (Å²) in [5.74, 6) is -0.0167. The number of para-hydroxylation sites is 1. The van der Waals surface area contributed by atoms with Crippen LogP contribution >= 0.6 is 0 Å². The standard InChI is InChI=1S/C16H18FN3O/c1-10(2)14-8-11(9-15(18-3)19-14)16(21)20-13-7-5-4-6-12(13)17/h4-10H,1-3H3,(H,18,19)(H,20,21). The average molecular weight is 287 g/mol. The number of hydrogen-bond acceptors (Lipinski definition) is 3. The van der Waals surface area contributed by atoms with Gasteiger partial charge in [-0.1, -0.05) is 26.0 Å². The minimum Gasteiger partial charge on any atom is -0.373 e. The fraction of sp³-hybridized carbons (Fsp3) is 0.250. The Balaban J connectivity index is 2.30. The number of halogens is 1. The van der Waals surface area contributed by atoms with Crippen LogP contribution in [0.5, 0.6) is 0 Å². The van der Waals surface area contributed by atoms with E-state index in [1.54, 1.807) is 31.3 Å². The van der Waals surface area contributed by atoms with Gasteiger partial charge in [0.05, 0.1) is 5.69 Å². The van der Waals surface area contributed by atoms with Crippen molar-refractivity contribution < 1.29 is 9.18 Å². The number of pyridine rings is 1. The summed E-state index contributed by atoms with van der Waals surface area (Å²) < 4.78 is 13.6. The van der Waals surface area contributed by atoms with E-state index in [4.69, 9.17) is 0 Å². The zero-order valence-corrected chi connectivity index (χ0v) is 12.3. The van der Waals surface area contributed by atoms with Crippen molar-refractivity contribution in [3.63, 3.8) is 0 Å². The van der Waals surface area contributed by atoms with Gasteiger partial charge < -0.3 is 10.6 Å². The van der Waals surface area contributed by atoms with Gasteiger partial charge in [-0.3, -0.25) is 4.79 Å². The van der Waals surface area contributed by atoms with E-state index in [2.05, 4.69) is 15.6 Å². The monoisotopic (exact) mass is 287 g/mol. The molecule has 0 saturated carbocycles. The largest absolute Gasteiger partial charge is 0.373 e. The maximum absolute atomic E-state index is 13.6. The summed E-state index contributed by atoms with van der Waals surface area (Å²) in [6.45, 7) is 4.00. The Hall–Kier alpha value is -2.43. The third-order valence-corrected chi connectivity index (χ3v) is 3.08. The average Bonchev–Trinajstić information content (AvgIpc) is 2.49. The first kappa shape index (κ1) is 15.0. The highest BCUT2D eigenvalue weighted by molar-refractivity contribution is 6.04. The molecule has 0 bridgehead atoms. The molecule has 0 atom stereocenters. The summed E-state index contributed by atoms with van der Waals surface area (Å²) in [5, 5.41) is 5.50. The van der Waals surface area contributed by atoms with Gasteiger partial charge in [-0.05, 0) is 30.2 Å². The van der Waals surface area contributed by atoms with Crippen LogP contribution < -0.4 is 10.6 Å². The predicted molar refractivity (Wildman–Crippen MR) is 82.2 cm³/mol. The fourth-order valence-corrected chi connectivity index (χ4v) is 1.86. The number of amides is 1. The number of nitrogens with one attached hydrogen (secondary N) is 2. The predicted octanol–water partition coefficient (Wildman–Crippen LogP) is 3.64. The Morgan fingerprint density at radius 3 is 2.57 bits per heavy atom. The van der Waals surface area contributed by atoms with E-state index in [1.165, 1.54) is 12.1 Å². The highest BCUT2D eigenvalue weighted by Crippen LogP contribution is 2.19. The van der Waals surface area contributed by atoms with Crippen LogP contribution in [0.25, 0.3) is 0 Å². The molecule has 110 valence electrons. The summed E-state index contributed by atoms with van der Waals surface area (Å²) >= 11 is 0. The molecule has 0 aliphatic heterocycles. The first-order chi connectivity index (χ1) is 10.0. The van der Waals surface area contributed by atoms with Crippen molar-refractivity contribution in [1.82, 2.24) is 4.98 Å². The van der Waals surface area contributed by atoms with Gasteiger partial charge in [-0.2, -0.15) is 0 Å². The van der Waals surface area contributed by atoms with Crippen molar-refractivity contribution in [2.75, 3.05) is 17.7 Å². The van der Waals surface area contributed by atoms with Gasteiger partial charge in [0, 0.05) is 18.3 Å². The molecule has 4 nitrogen and oxygen atoms in total. The molecule has 2 rings (SSSR count). The van der Waals surface area contributed by atoms with E-state index in [0.717, 1.165) is 5.69 Å². The van der Waals surface area contributed by atoms with E-state index in [-0.39, 0.29) is 17.5 Å². The van der Waals surface area contributed by atoms with Crippen LogP contribution in [0.15, 0.2) is 36.4 Å². The molecule has 0 spiro atoms. The molecule has 21 heavy (non-hydrogen) atoms. The van der Waals surface area contributed by atoms with Gasteiger partial charge in [0.25, 0.3) is 5.91 Å². The van der Waals surface area contributed by atoms with Gasteiger partial charge in [-0.15, -0.1) is 0 Å². The molecule has 0 fully saturated rings. The van der Waals surface area contributed by atoms with Crippen LogP contribution in [-0.2, 0) is 0 Å². The molecule has 2 aromatic rings. The molecular formula is C16H18FN3O. The fourth-order valence-electron chi connectivity index (χ4n) is 1.86. The number of carbonyl (C=O) groups excluding carboxylic acids is 1. The summed E-state index contributed by atoms with van der Waals surface area (Å²) in [4.78, 5) is 16.7. The lowest BCUT2D eigenvalue weighted by Gasteiger charge is -2.11. The summed E-state index contributed by atoms with van der Waals surface area (Å²) in [7, 11) is 1.74. The smallest absolute Gasteiger partial charge is 0.255 e. The topological polar surface area (TPSA) is 54.0 Å². The third-order valence-electron chi connectivity index (χ3n) is 3.08. The Bertz CT molecular complexity index is 656. The molecule has 0 radical (unpaired) electrons. The number of benzene rings is 1. The first-order valence-corrected chi connectivity index (χ1v) is 6.77. The lowest BCUT2D eigenvalue weighted by molar-refractivity contribution is 0.102. The summed E-state index contributed by atoms with van der Waals surface area (Å²) in [6, 6.07) is 9.44. The normalized spacial score (nSPS) is 10.5. The number of nitrogens with zero attached hydrogens (tertiary/aromatic N) is 1. The van der Waals surface area contributed by atoms with Crippen LogP contribution in [0.2, 0.25) is 0 Å². The second-order valence-electron chi connectivity index (χ2n) is 5.00. The lowest BCUT2D eigenvalue weighted by atomic mass is 10.1. The van der Waals surface area contributed by atoms with Crippen LogP contribution in [-0.4, -0.2) is 17.9 Å². The minimum absolute atomic E-state index is 0.163. The van der Waals surface area contributed by atoms with Gasteiger partial charge in [0.1, 0.15) is 11.6 Å². The van der Waals surface area contributed by atoms with Gasteiger partial charge in [-0.25, -0.2) is 9.37 Å². The van der Waals surface area contributed by atoms with Crippen LogP contribution in [0, 0.1) is 5.82 Å². The number of carbonyl (C=O) groups is 1. The van der Waals surface area contributed by atoms with Crippen molar-refractivity contribution in [2.45, 2.75) is 19.8 Å². The van der Waals surface area contributed by atoms with Crippen molar-refractivity contribution in [3.05, 3.63) is 53.5 Å². The second kappa shape index (κ2) is 6.35. The van der Waals surface area contributed by atoms with Crippen LogP contribution in [0.4, 0.5) is 15.9 Å². The molecule has 1 amide bonds. The van der Waals surface area contributed by atoms with Gasteiger partial charge in [0.15, 0.2) is 0 Å². The quantitative estimate of drug-likeness (QED) is 0.902. The number of anilines is 2. The zero-order valence-electron chi connectivity index (χ0n) is 12.3. The van der Waals surface area contributed by atoms with Gasteiger partial charge in [0.2, 0.25) is 0 Å².